The number of benzene rings is 1. The van der Waals surface area contributed by atoms with Crippen LogP contribution in [0.1, 0.15) is 13.8 Å². The predicted octanol–water partition coefficient (Wildman–Crippen LogP) is 3.58. The average molecular weight is 270 g/mol. The number of pyridine rings is 1. The average Bonchev–Trinajstić information content (AvgIpc) is 2.49. The lowest BCUT2D eigenvalue weighted by molar-refractivity contribution is -0.591. The van der Waals surface area contributed by atoms with E-state index in [0.29, 0.717) is 4.73 Å². The summed E-state index contributed by atoms with van der Waals surface area (Å²) in [6, 6.07) is 12.9. The third kappa shape index (κ3) is 3.32. The third-order valence-electron chi connectivity index (χ3n) is 3.05. The van der Waals surface area contributed by atoms with Gasteiger partial charge in [0.25, 0.3) is 0 Å². The fraction of sp³-hybridized carbons (Fsp3) is 0.267. The molecule has 1 aromatic carbocycles. The Bertz CT molecular complexity index is 577. The van der Waals surface area contributed by atoms with Crippen molar-refractivity contribution in [1.82, 2.24) is 0 Å². The molecular weight excluding hydrogens is 252 g/mol. The highest BCUT2D eigenvalue weighted by Crippen LogP contribution is 2.21. The Kier molecular flexibility index (Phi) is 4.65. The van der Waals surface area contributed by atoms with Gasteiger partial charge in [-0.25, -0.2) is 4.73 Å². The van der Waals surface area contributed by atoms with Crippen molar-refractivity contribution in [2.75, 3.05) is 18.0 Å². The zero-order chi connectivity index (χ0) is 14.4. The molecule has 0 N–H and O–H groups in total. The Morgan fingerprint density at radius 2 is 1.70 bits per heavy atom. The van der Waals surface area contributed by atoms with Gasteiger partial charge in [0.15, 0.2) is 0 Å². The van der Waals surface area contributed by atoms with E-state index in [1.165, 1.54) is 6.20 Å². The number of anilines is 1. The second-order valence-electron chi connectivity index (χ2n) is 4.27. The molecule has 2 rings (SSSR count). The summed E-state index contributed by atoms with van der Waals surface area (Å²) in [6.07, 6.45) is 1.40. The normalized spacial score (nSPS) is 10.9. The van der Waals surface area contributed by atoms with Gasteiger partial charge in [0.05, 0.1) is 11.3 Å². The van der Waals surface area contributed by atoms with Crippen LogP contribution in [-0.4, -0.2) is 13.1 Å². The van der Waals surface area contributed by atoms with Crippen LogP contribution < -0.4 is 9.63 Å². The van der Waals surface area contributed by atoms with Crippen molar-refractivity contribution in [2.45, 2.75) is 13.8 Å². The fourth-order valence-corrected chi connectivity index (χ4v) is 1.92. The van der Waals surface area contributed by atoms with Crippen LogP contribution in [0, 0.1) is 5.21 Å². The van der Waals surface area contributed by atoms with Crippen molar-refractivity contribution < 1.29 is 4.73 Å². The molecule has 0 atom stereocenters. The minimum Gasteiger partial charge on any atom is -0.710 e. The highest BCUT2D eigenvalue weighted by atomic mass is 16.5. The van der Waals surface area contributed by atoms with E-state index in [-0.39, 0.29) is 5.82 Å². The Balaban J connectivity index is 2.13. The van der Waals surface area contributed by atoms with Gasteiger partial charge < -0.3 is 10.1 Å². The molecule has 20 heavy (non-hydrogen) atoms. The van der Waals surface area contributed by atoms with Gasteiger partial charge >= 0.3 is 5.82 Å². The Morgan fingerprint density at radius 1 is 1.00 bits per heavy atom. The quantitative estimate of drug-likeness (QED) is 0.473. The molecule has 104 valence electrons. The fourth-order valence-electron chi connectivity index (χ4n) is 1.92. The summed E-state index contributed by atoms with van der Waals surface area (Å²) in [5.41, 5.74) is 1.89. The van der Waals surface area contributed by atoms with Crippen molar-refractivity contribution in [3.8, 4) is 0 Å². The summed E-state index contributed by atoms with van der Waals surface area (Å²) in [5, 5.41) is 19.4. The number of hydrogen-bond acceptors (Lipinski definition) is 4. The summed E-state index contributed by atoms with van der Waals surface area (Å²) in [6.45, 7) is 6.19. The standard InChI is InChI=1S/C15H18N4O/c1-3-18(4-2)14-10-8-13(9-11-14)16-17-15-7-5-6-12-19(15)20/h5-12H,3-4H2,1-2H3. The molecule has 0 radical (unpaired) electrons. The number of rotatable bonds is 5. The van der Waals surface area contributed by atoms with Crippen LogP contribution in [-0.2, 0) is 0 Å². The molecule has 5 heteroatoms. The summed E-state index contributed by atoms with van der Waals surface area (Å²) in [4.78, 5) is 2.25. The maximum absolute atomic E-state index is 11.4. The van der Waals surface area contributed by atoms with Gasteiger partial charge in [-0.3, -0.25) is 0 Å². The van der Waals surface area contributed by atoms with Gasteiger partial charge in [-0.15, -0.1) is 0 Å². The lowest BCUT2D eigenvalue weighted by Gasteiger charge is -2.20. The van der Waals surface area contributed by atoms with Crippen LogP contribution in [0.15, 0.2) is 58.9 Å². The van der Waals surface area contributed by atoms with Gasteiger partial charge in [0, 0.05) is 24.8 Å². The monoisotopic (exact) mass is 270 g/mol. The van der Waals surface area contributed by atoms with E-state index in [1.807, 2.05) is 24.3 Å². The van der Waals surface area contributed by atoms with Gasteiger partial charge in [-0.05, 0) is 49.3 Å². The summed E-state index contributed by atoms with van der Waals surface area (Å²) in [7, 11) is 0. The number of hydrogen-bond donors (Lipinski definition) is 0. The molecule has 1 heterocycles. The number of nitrogens with zero attached hydrogens (tertiary/aromatic N) is 4. The molecule has 5 nitrogen and oxygen atoms in total. The van der Waals surface area contributed by atoms with E-state index >= 15 is 0 Å². The van der Waals surface area contributed by atoms with E-state index < -0.39 is 0 Å². The van der Waals surface area contributed by atoms with Gasteiger partial charge in [-0.2, -0.15) is 0 Å². The first-order valence-electron chi connectivity index (χ1n) is 6.69. The molecule has 0 aliphatic carbocycles. The van der Waals surface area contributed by atoms with Crippen molar-refractivity contribution in [1.29, 1.82) is 0 Å². The largest absolute Gasteiger partial charge is 0.710 e. The smallest absolute Gasteiger partial charge is 0.353 e. The van der Waals surface area contributed by atoms with Gasteiger partial charge in [0.2, 0.25) is 0 Å². The van der Waals surface area contributed by atoms with Crippen LogP contribution in [0.4, 0.5) is 17.2 Å². The molecular formula is C15H18N4O. The summed E-state index contributed by atoms with van der Waals surface area (Å²) < 4.78 is 0.688. The third-order valence-corrected chi connectivity index (χ3v) is 3.05. The lowest BCUT2D eigenvalue weighted by Crippen LogP contribution is -2.24. The second-order valence-corrected chi connectivity index (χ2v) is 4.27. The second kappa shape index (κ2) is 6.65. The molecule has 0 aliphatic rings. The predicted molar refractivity (Wildman–Crippen MR) is 79.6 cm³/mol. The molecule has 1 aromatic heterocycles. The van der Waals surface area contributed by atoms with E-state index in [0.717, 1.165) is 24.5 Å². The molecule has 0 saturated heterocycles. The zero-order valence-electron chi connectivity index (χ0n) is 11.7. The molecule has 0 spiro atoms. The maximum atomic E-state index is 11.4. The van der Waals surface area contributed by atoms with Crippen LogP contribution in [0.25, 0.3) is 0 Å². The zero-order valence-corrected chi connectivity index (χ0v) is 11.7. The Labute approximate surface area is 118 Å². The first-order valence-corrected chi connectivity index (χ1v) is 6.69. The van der Waals surface area contributed by atoms with Crippen LogP contribution in [0.5, 0.6) is 0 Å². The summed E-state index contributed by atoms with van der Waals surface area (Å²) in [5.74, 6) is 0.278. The van der Waals surface area contributed by atoms with Crippen LogP contribution in [0.3, 0.4) is 0 Å². The van der Waals surface area contributed by atoms with E-state index in [2.05, 4.69) is 29.0 Å². The van der Waals surface area contributed by atoms with Crippen molar-refractivity contribution in [3.63, 3.8) is 0 Å². The van der Waals surface area contributed by atoms with E-state index in [1.54, 1.807) is 18.2 Å². The van der Waals surface area contributed by atoms with Crippen LogP contribution >= 0.6 is 0 Å². The van der Waals surface area contributed by atoms with Crippen molar-refractivity contribution in [2.24, 2.45) is 10.2 Å². The SMILES string of the molecule is CCN(CC)c1ccc(N=Nc2cccc[n+]2[O-])cc1. The van der Waals surface area contributed by atoms with E-state index in [4.69, 9.17) is 0 Å². The number of azo groups is 1. The molecule has 0 bridgehead atoms. The Hall–Kier alpha value is -2.43. The van der Waals surface area contributed by atoms with Crippen LogP contribution in [0.2, 0.25) is 0 Å². The lowest BCUT2D eigenvalue weighted by atomic mass is 10.2. The first kappa shape index (κ1) is 14.0. The molecule has 0 saturated carbocycles. The van der Waals surface area contributed by atoms with E-state index in [9.17, 15) is 5.21 Å². The minimum absolute atomic E-state index is 0.278. The van der Waals surface area contributed by atoms with Gasteiger partial charge in [0.1, 0.15) is 5.69 Å². The van der Waals surface area contributed by atoms with Crippen molar-refractivity contribution >= 4 is 17.2 Å². The van der Waals surface area contributed by atoms with Crippen molar-refractivity contribution in [3.05, 3.63) is 53.9 Å². The Morgan fingerprint density at radius 3 is 2.30 bits per heavy atom. The summed E-state index contributed by atoms with van der Waals surface area (Å²) >= 11 is 0. The number of aromatic nitrogens is 1. The molecule has 0 aliphatic heterocycles. The first-order chi connectivity index (χ1) is 9.74. The molecule has 0 fully saturated rings. The highest BCUT2D eigenvalue weighted by molar-refractivity contribution is 5.52. The minimum atomic E-state index is 0.278. The topological polar surface area (TPSA) is 54.9 Å². The molecule has 0 amide bonds. The molecule has 2 aromatic rings. The van der Waals surface area contributed by atoms with Gasteiger partial charge in [-0.1, -0.05) is 6.07 Å². The maximum Gasteiger partial charge on any atom is 0.353 e. The molecule has 0 unspecified atom stereocenters. The highest BCUT2D eigenvalue weighted by Gasteiger charge is 2.04.